The lowest BCUT2D eigenvalue weighted by molar-refractivity contribution is 0.0927. The van der Waals surface area contributed by atoms with E-state index in [0.29, 0.717) is 22.9 Å². The van der Waals surface area contributed by atoms with E-state index in [2.05, 4.69) is 15.5 Å². The molecule has 122 valence electrons. The Hall–Kier alpha value is -1.95. The predicted octanol–water partition coefficient (Wildman–Crippen LogP) is 2.41. The number of nitrogens with zero attached hydrogens (tertiary/aromatic N) is 2. The third-order valence-electron chi connectivity index (χ3n) is 4.98. The molecule has 0 unspecified atom stereocenters. The quantitative estimate of drug-likeness (QED) is 0.907. The average molecular weight is 314 g/mol. The molecular formula is C17H22N4O2. The van der Waals surface area contributed by atoms with Gasteiger partial charge in [0, 0.05) is 23.7 Å². The molecule has 0 aliphatic heterocycles. The first kappa shape index (κ1) is 14.6. The third-order valence-corrected chi connectivity index (χ3v) is 4.98. The highest BCUT2D eigenvalue weighted by atomic mass is 16.5. The molecule has 1 amide bonds. The monoisotopic (exact) mass is 314 g/mol. The van der Waals surface area contributed by atoms with Gasteiger partial charge in [0.15, 0.2) is 0 Å². The van der Waals surface area contributed by atoms with E-state index in [1.54, 1.807) is 0 Å². The van der Waals surface area contributed by atoms with E-state index in [4.69, 9.17) is 10.3 Å². The Labute approximate surface area is 134 Å². The molecule has 2 aliphatic rings. The van der Waals surface area contributed by atoms with Gasteiger partial charge in [-0.15, -0.1) is 0 Å². The molecule has 0 spiro atoms. The summed E-state index contributed by atoms with van der Waals surface area (Å²) in [4.78, 5) is 17.3. The standard InChI is InChI=1S/C17H22N4O2/c1-9-15-13(16(22)19-12-6-4-11(18)5-7-12)8-14(10-2-3-10)20-17(15)23-21-9/h8,10-12H,2-7,18H2,1H3,(H,19,22). The Morgan fingerprint density at radius 2 is 2.00 bits per heavy atom. The molecule has 2 saturated carbocycles. The van der Waals surface area contributed by atoms with E-state index in [0.717, 1.165) is 49.6 Å². The number of amides is 1. The van der Waals surface area contributed by atoms with Gasteiger partial charge in [0.05, 0.1) is 16.6 Å². The van der Waals surface area contributed by atoms with Crippen molar-refractivity contribution in [3.8, 4) is 0 Å². The van der Waals surface area contributed by atoms with Gasteiger partial charge in [0.1, 0.15) is 0 Å². The van der Waals surface area contributed by atoms with Crippen LogP contribution in [0, 0.1) is 6.92 Å². The van der Waals surface area contributed by atoms with Gasteiger partial charge >= 0.3 is 0 Å². The third kappa shape index (κ3) is 2.83. The molecule has 0 atom stereocenters. The Morgan fingerprint density at radius 3 is 2.70 bits per heavy atom. The van der Waals surface area contributed by atoms with Gasteiger partial charge < -0.3 is 15.6 Å². The summed E-state index contributed by atoms with van der Waals surface area (Å²) in [5, 5.41) is 7.88. The highest BCUT2D eigenvalue weighted by Gasteiger charge is 2.29. The molecule has 2 fully saturated rings. The fourth-order valence-electron chi connectivity index (χ4n) is 3.41. The van der Waals surface area contributed by atoms with Gasteiger partial charge in [0.2, 0.25) is 0 Å². The number of aryl methyl sites for hydroxylation is 1. The van der Waals surface area contributed by atoms with Crippen molar-refractivity contribution in [2.75, 3.05) is 0 Å². The van der Waals surface area contributed by atoms with Crippen LogP contribution in [0.1, 0.15) is 66.2 Å². The lowest BCUT2D eigenvalue weighted by atomic mass is 9.91. The van der Waals surface area contributed by atoms with Crippen LogP contribution < -0.4 is 11.1 Å². The molecule has 2 aromatic rings. The van der Waals surface area contributed by atoms with Crippen molar-refractivity contribution in [1.29, 1.82) is 0 Å². The fourth-order valence-corrected chi connectivity index (χ4v) is 3.41. The molecule has 3 N–H and O–H groups in total. The molecule has 2 aliphatic carbocycles. The van der Waals surface area contributed by atoms with Gasteiger partial charge in [-0.05, 0) is 51.5 Å². The van der Waals surface area contributed by atoms with Crippen LogP contribution in [0.5, 0.6) is 0 Å². The number of carbonyl (C=O) groups excluding carboxylic acids is 1. The summed E-state index contributed by atoms with van der Waals surface area (Å²) in [7, 11) is 0. The molecule has 4 rings (SSSR count). The molecule has 0 saturated heterocycles. The molecule has 0 bridgehead atoms. The Balaban J connectivity index is 1.63. The SMILES string of the molecule is Cc1noc2nc(C3CC3)cc(C(=O)NC3CCC(N)CC3)c12. The largest absolute Gasteiger partial charge is 0.349 e. The second-order valence-corrected chi connectivity index (χ2v) is 6.90. The summed E-state index contributed by atoms with van der Waals surface area (Å²) in [6, 6.07) is 2.40. The second-order valence-electron chi connectivity index (χ2n) is 6.90. The smallest absolute Gasteiger partial charge is 0.259 e. The number of nitrogens with one attached hydrogen (secondary N) is 1. The highest BCUT2D eigenvalue weighted by molar-refractivity contribution is 6.06. The van der Waals surface area contributed by atoms with Gasteiger partial charge in [-0.3, -0.25) is 4.79 Å². The maximum absolute atomic E-state index is 12.8. The lowest BCUT2D eigenvalue weighted by Crippen LogP contribution is -2.40. The molecule has 6 heteroatoms. The van der Waals surface area contributed by atoms with Gasteiger partial charge in [-0.25, -0.2) is 4.98 Å². The van der Waals surface area contributed by atoms with E-state index in [-0.39, 0.29) is 18.0 Å². The van der Waals surface area contributed by atoms with Crippen molar-refractivity contribution in [1.82, 2.24) is 15.5 Å². The van der Waals surface area contributed by atoms with Crippen LogP contribution in [-0.4, -0.2) is 28.1 Å². The minimum atomic E-state index is -0.0499. The van der Waals surface area contributed by atoms with Crippen LogP contribution in [0.25, 0.3) is 11.1 Å². The topological polar surface area (TPSA) is 94.0 Å². The number of pyridine rings is 1. The maximum atomic E-state index is 12.8. The fraction of sp³-hybridized carbons (Fsp3) is 0.588. The van der Waals surface area contributed by atoms with Gasteiger partial charge in [-0.1, -0.05) is 5.16 Å². The number of hydrogen-bond acceptors (Lipinski definition) is 5. The zero-order chi connectivity index (χ0) is 16.0. The van der Waals surface area contributed by atoms with Gasteiger partial charge in [0.25, 0.3) is 11.6 Å². The van der Waals surface area contributed by atoms with Crippen LogP contribution in [0.2, 0.25) is 0 Å². The van der Waals surface area contributed by atoms with Crippen molar-refractivity contribution < 1.29 is 9.32 Å². The van der Waals surface area contributed by atoms with Crippen LogP contribution >= 0.6 is 0 Å². The first-order valence-electron chi connectivity index (χ1n) is 8.45. The molecule has 0 aromatic carbocycles. The number of hydrogen-bond donors (Lipinski definition) is 2. The minimum Gasteiger partial charge on any atom is -0.349 e. The first-order valence-corrected chi connectivity index (χ1v) is 8.45. The molecule has 23 heavy (non-hydrogen) atoms. The number of nitrogens with two attached hydrogens (primary N) is 1. The van der Waals surface area contributed by atoms with E-state index in [1.165, 1.54) is 0 Å². The van der Waals surface area contributed by atoms with Crippen LogP contribution in [0.3, 0.4) is 0 Å². The summed E-state index contributed by atoms with van der Waals surface area (Å²) in [6.45, 7) is 1.85. The minimum absolute atomic E-state index is 0.0499. The van der Waals surface area contributed by atoms with E-state index in [1.807, 2.05) is 13.0 Å². The summed E-state index contributed by atoms with van der Waals surface area (Å²) in [5.41, 5.74) is 8.72. The van der Waals surface area contributed by atoms with E-state index in [9.17, 15) is 4.79 Å². The van der Waals surface area contributed by atoms with E-state index < -0.39 is 0 Å². The summed E-state index contributed by atoms with van der Waals surface area (Å²) in [6.07, 6.45) is 6.09. The molecule has 2 aromatic heterocycles. The molecule has 6 nitrogen and oxygen atoms in total. The molecular weight excluding hydrogens is 292 g/mol. The zero-order valence-electron chi connectivity index (χ0n) is 13.3. The number of aromatic nitrogens is 2. The molecule has 2 heterocycles. The van der Waals surface area contributed by atoms with Crippen molar-refractivity contribution in [2.45, 2.75) is 63.5 Å². The number of rotatable bonds is 3. The Bertz CT molecular complexity index is 742. The van der Waals surface area contributed by atoms with Gasteiger partial charge in [-0.2, -0.15) is 0 Å². The highest BCUT2D eigenvalue weighted by Crippen LogP contribution is 2.40. The summed E-state index contributed by atoms with van der Waals surface area (Å²) >= 11 is 0. The first-order chi connectivity index (χ1) is 11.1. The number of carbonyl (C=O) groups is 1. The maximum Gasteiger partial charge on any atom is 0.259 e. The predicted molar refractivity (Wildman–Crippen MR) is 86.2 cm³/mol. The van der Waals surface area contributed by atoms with Crippen LogP contribution in [0.15, 0.2) is 10.6 Å². The second kappa shape index (κ2) is 5.60. The van der Waals surface area contributed by atoms with Crippen LogP contribution in [-0.2, 0) is 0 Å². The Morgan fingerprint density at radius 1 is 1.26 bits per heavy atom. The van der Waals surface area contributed by atoms with Crippen molar-refractivity contribution >= 4 is 17.0 Å². The lowest BCUT2D eigenvalue weighted by Gasteiger charge is -2.26. The van der Waals surface area contributed by atoms with Crippen molar-refractivity contribution in [3.05, 3.63) is 23.0 Å². The summed E-state index contributed by atoms with van der Waals surface area (Å²) in [5.74, 6) is 0.412. The van der Waals surface area contributed by atoms with Crippen molar-refractivity contribution in [3.63, 3.8) is 0 Å². The average Bonchev–Trinajstić information content (AvgIpc) is 3.33. The van der Waals surface area contributed by atoms with E-state index >= 15 is 0 Å². The Kier molecular flexibility index (Phi) is 3.56. The number of fused-ring (bicyclic) bond motifs is 1. The zero-order valence-corrected chi connectivity index (χ0v) is 13.3. The molecule has 0 radical (unpaired) electrons. The van der Waals surface area contributed by atoms with Crippen LogP contribution in [0.4, 0.5) is 0 Å². The van der Waals surface area contributed by atoms with Crippen molar-refractivity contribution in [2.24, 2.45) is 5.73 Å². The summed E-state index contributed by atoms with van der Waals surface area (Å²) < 4.78 is 5.30. The normalized spacial score (nSPS) is 24.8.